The van der Waals surface area contributed by atoms with Crippen molar-refractivity contribution >= 4 is 17.6 Å². The summed E-state index contributed by atoms with van der Waals surface area (Å²) in [5.41, 5.74) is 6.96. The second-order valence-electron chi connectivity index (χ2n) is 5.42. The molecule has 2 aromatic rings. The molecular formula is C17H17N3O4. The zero-order valence-electron chi connectivity index (χ0n) is 13.1. The van der Waals surface area contributed by atoms with Gasteiger partial charge in [0.1, 0.15) is 0 Å². The lowest BCUT2D eigenvalue weighted by Gasteiger charge is -2.18. The summed E-state index contributed by atoms with van der Waals surface area (Å²) in [4.78, 5) is 25.0. The molecular weight excluding hydrogens is 310 g/mol. The summed E-state index contributed by atoms with van der Waals surface area (Å²) in [7, 11) is 1.71. The highest BCUT2D eigenvalue weighted by Gasteiger charge is 2.16. The topological polar surface area (TPSA) is 93.9 Å². The number of nitrogens with two attached hydrogens (primary N) is 1. The minimum Gasteiger partial charge on any atom is -0.454 e. The van der Waals surface area contributed by atoms with Crippen molar-refractivity contribution in [1.82, 2.24) is 4.90 Å². The van der Waals surface area contributed by atoms with E-state index in [-0.39, 0.29) is 12.7 Å². The van der Waals surface area contributed by atoms with Gasteiger partial charge in [-0.3, -0.25) is 4.79 Å². The van der Waals surface area contributed by atoms with Crippen LogP contribution in [-0.4, -0.2) is 30.7 Å². The van der Waals surface area contributed by atoms with E-state index >= 15 is 0 Å². The van der Waals surface area contributed by atoms with E-state index in [1.165, 1.54) is 0 Å². The molecule has 124 valence electrons. The first kappa shape index (κ1) is 15.7. The van der Waals surface area contributed by atoms with Crippen LogP contribution in [0.1, 0.15) is 15.9 Å². The number of carbonyl (C=O) groups is 2. The zero-order chi connectivity index (χ0) is 17.1. The number of benzene rings is 2. The third-order valence-electron chi connectivity index (χ3n) is 3.58. The summed E-state index contributed by atoms with van der Waals surface area (Å²) in [6, 6.07) is 11.5. The maximum atomic E-state index is 12.5. The van der Waals surface area contributed by atoms with E-state index in [0.717, 1.165) is 5.56 Å². The van der Waals surface area contributed by atoms with E-state index in [1.54, 1.807) is 36.2 Å². The molecule has 3 amide bonds. The number of primary amides is 1. The van der Waals surface area contributed by atoms with E-state index in [1.807, 2.05) is 18.2 Å². The van der Waals surface area contributed by atoms with Gasteiger partial charge in [0.15, 0.2) is 11.5 Å². The minimum atomic E-state index is -0.673. The van der Waals surface area contributed by atoms with Gasteiger partial charge in [-0.1, -0.05) is 12.1 Å². The van der Waals surface area contributed by atoms with Crippen LogP contribution < -0.4 is 20.5 Å². The summed E-state index contributed by atoms with van der Waals surface area (Å²) in [5, 5.41) is 2.45. The van der Waals surface area contributed by atoms with Crippen molar-refractivity contribution in [2.24, 2.45) is 5.73 Å². The highest BCUT2D eigenvalue weighted by molar-refractivity contribution is 5.96. The van der Waals surface area contributed by atoms with Crippen LogP contribution in [0.4, 0.5) is 10.5 Å². The number of anilines is 1. The minimum absolute atomic E-state index is 0.166. The number of rotatable bonds is 4. The molecule has 0 bridgehead atoms. The average molecular weight is 327 g/mol. The van der Waals surface area contributed by atoms with Crippen LogP contribution in [0.25, 0.3) is 0 Å². The highest BCUT2D eigenvalue weighted by atomic mass is 16.7. The fourth-order valence-electron chi connectivity index (χ4n) is 2.48. The van der Waals surface area contributed by atoms with Gasteiger partial charge in [0.2, 0.25) is 6.79 Å². The number of carbonyl (C=O) groups excluding carboxylic acids is 2. The maximum absolute atomic E-state index is 12.5. The van der Waals surface area contributed by atoms with Crippen molar-refractivity contribution < 1.29 is 19.1 Å². The molecule has 0 atom stereocenters. The Kier molecular flexibility index (Phi) is 4.24. The predicted octanol–water partition coefficient (Wildman–Crippen LogP) is 2.18. The second-order valence-corrected chi connectivity index (χ2v) is 5.42. The Balaban J connectivity index is 1.71. The molecule has 1 aliphatic rings. The number of ether oxygens (including phenoxy) is 2. The number of hydrogen-bond acceptors (Lipinski definition) is 4. The lowest BCUT2D eigenvalue weighted by molar-refractivity contribution is 0.0785. The SMILES string of the molecule is CN(Cc1ccc2c(c1)OCO2)C(=O)c1cccc(NC(N)=O)c1. The molecule has 2 aromatic carbocycles. The Hall–Kier alpha value is -3.22. The molecule has 7 nitrogen and oxygen atoms in total. The lowest BCUT2D eigenvalue weighted by atomic mass is 10.1. The smallest absolute Gasteiger partial charge is 0.316 e. The largest absolute Gasteiger partial charge is 0.454 e. The predicted molar refractivity (Wildman–Crippen MR) is 88.0 cm³/mol. The first-order valence-corrected chi connectivity index (χ1v) is 7.33. The molecule has 24 heavy (non-hydrogen) atoms. The molecule has 0 saturated heterocycles. The summed E-state index contributed by atoms with van der Waals surface area (Å²) in [6.07, 6.45) is 0. The van der Waals surface area contributed by atoms with Crippen LogP contribution in [0.2, 0.25) is 0 Å². The third kappa shape index (κ3) is 3.40. The van der Waals surface area contributed by atoms with Crippen molar-refractivity contribution in [3.05, 3.63) is 53.6 Å². The number of nitrogens with zero attached hydrogens (tertiary/aromatic N) is 1. The molecule has 0 saturated carbocycles. The Labute approximate surface area is 139 Å². The Morgan fingerprint density at radius 2 is 1.96 bits per heavy atom. The van der Waals surface area contributed by atoms with E-state index in [4.69, 9.17) is 15.2 Å². The van der Waals surface area contributed by atoms with E-state index < -0.39 is 6.03 Å². The molecule has 7 heteroatoms. The summed E-state index contributed by atoms with van der Waals surface area (Å²) in [6.45, 7) is 0.635. The fraction of sp³-hybridized carbons (Fsp3) is 0.176. The maximum Gasteiger partial charge on any atom is 0.316 e. The second kappa shape index (κ2) is 6.49. The van der Waals surface area contributed by atoms with Crippen molar-refractivity contribution in [1.29, 1.82) is 0 Å². The van der Waals surface area contributed by atoms with Gasteiger partial charge in [-0.25, -0.2) is 4.79 Å². The molecule has 0 unspecified atom stereocenters. The van der Waals surface area contributed by atoms with E-state index in [2.05, 4.69) is 5.32 Å². The van der Waals surface area contributed by atoms with Gasteiger partial charge in [-0.2, -0.15) is 0 Å². The molecule has 1 heterocycles. The molecule has 0 fully saturated rings. The monoisotopic (exact) mass is 327 g/mol. The highest BCUT2D eigenvalue weighted by Crippen LogP contribution is 2.32. The normalized spacial score (nSPS) is 11.9. The third-order valence-corrected chi connectivity index (χ3v) is 3.58. The van der Waals surface area contributed by atoms with Crippen LogP contribution in [0.3, 0.4) is 0 Å². The van der Waals surface area contributed by atoms with Crippen LogP contribution in [0.15, 0.2) is 42.5 Å². The average Bonchev–Trinajstić information content (AvgIpc) is 3.01. The van der Waals surface area contributed by atoms with Crippen LogP contribution >= 0.6 is 0 Å². The van der Waals surface area contributed by atoms with Gasteiger partial charge in [0.25, 0.3) is 5.91 Å². The number of urea groups is 1. The van der Waals surface area contributed by atoms with E-state index in [9.17, 15) is 9.59 Å². The standard InChI is InChI=1S/C17H17N3O4/c1-20(9-11-5-6-14-15(7-11)24-10-23-14)16(21)12-3-2-4-13(8-12)19-17(18)22/h2-8H,9-10H2,1H3,(H3,18,19,22). The van der Waals surface area contributed by atoms with Crippen molar-refractivity contribution in [2.45, 2.75) is 6.54 Å². The van der Waals surface area contributed by atoms with E-state index in [0.29, 0.717) is 29.3 Å². The number of hydrogen-bond donors (Lipinski definition) is 2. The van der Waals surface area contributed by atoms with Crippen molar-refractivity contribution in [3.8, 4) is 11.5 Å². The van der Waals surface area contributed by atoms with Gasteiger partial charge in [0.05, 0.1) is 0 Å². The lowest BCUT2D eigenvalue weighted by Crippen LogP contribution is -2.26. The molecule has 3 rings (SSSR count). The number of nitrogens with one attached hydrogen (secondary N) is 1. The van der Waals surface area contributed by atoms with Gasteiger partial charge in [0, 0.05) is 24.8 Å². The Morgan fingerprint density at radius 3 is 2.75 bits per heavy atom. The van der Waals surface area contributed by atoms with Crippen LogP contribution in [-0.2, 0) is 6.54 Å². The fourth-order valence-corrected chi connectivity index (χ4v) is 2.48. The molecule has 3 N–H and O–H groups in total. The van der Waals surface area contributed by atoms with Gasteiger partial charge in [-0.05, 0) is 35.9 Å². The van der Waals surface area contributed by atoms with Crippen LogP contribution in [0.5, 0.6) is 11.5 Å². The Morgan fingerprint density at radius 1 is 1.17 bits per heavy atom. The van der Waals surface area contributed by atoms with Crippen molar-refractivity contribution in [3.63, 3.8) is 0 Å². The summed E-state index contributed by atoms with van der Waals surface area (Å²) < 4.78 is 10.6. The number of fused-ring (bicyclic) bond motifs is 1. The first-order valence-electron chi connectivity index (χ1n) is 7.33. The molecule has 1 aliphatic heterocycles. The molecule has 0 aromatic heterocycles. The molecule has 0 aliphatic carbocycles. The molecule has 0 radical (unpaired) electrons. The Bertz CT molecular complexity index is 791. The van der Waals surface area contributed by atoms with Gasteiger partial charge < -0.3 is 25.4 Å². The van der Waals surface area contributed by atoms with Crippen molar-refractivity contribution in [2.75, 3.05) is 19.2 Å². The van der Waals surface area contributed by atoms with Gasteiger partial charge >= 0.3 is 6.03 Å². The number of amides is 3. The van der Waals surface area contributed by atoms with Crippen LogP contribution in [0, 0.1) is 0 Å². The quantitative estimate of drug-likeness (QED) is 0.900. The molecule has 0 spiro atoms. The first-order chi connectivity index (χ1) is 11.5. The zero-order valence-corrected chi connectivity index (χ0v) is 13.1. The summed E-state index contributed by atoms with van der Waals surface area (Å²) in [5.74, 6) is 1.22. The van der Waals surface area contributed by atoms with Gasteiger partial charge in [-0.15, -0.1) is 0 Å². The summed E-state index contributed by atoms with van der Waals surface area (Å²) >= 11 is 0.